The highest BCUT2D eigenvalue weighted by Crippen LogP contribution is 2.14. The van der Waals surface area contributed by atoms with E-state index in [2.05, 4.69) is 10.6 Å². The van der Waals surface area contributed by atoms with Gasteiger partial charge in [-0.05, 0) is 12.5 Å². The molecule has 6 nitrogen and oxygen atoms in total. The Balaban J connectivity index is 1.96. The molecule has 7 heteroatoms. The summed E-state index contributed by atoms with van der Waals surface area (Å²) in [6.07, 6.45) is -0.578. The molecule has 2 N–H and O–H groups in total. The van der Waals surface area contributed by atoms with Gasteiger partial charge in [0.2, 0.25) is 0 Å². The van der Waals surface area contributed by atoms with Crippen LogP contribution in [0.15, 0.2) is 30.3 Å². The van der Waals surface area contributed by atoms with Crippen molar-refractivity contribution in [3.8, 4) is 0 Å². The van der Waals surface area contributed by atoms with Crippen LogP contribution in [0.3, 0.4) is 0 Å². The number of hydrogen-bond donors (Lipinski definition) is 2. The van der Waals surface area contributed by atoms with E-state index < -0.39 is 22.0 Å². The first-order valence-corrected chi connectivity index (χ1v) is 8.73. The summed E-state index contributed by atoms with van der Waals surface area (Å²) in [5, 5.41) is 5.82. The minimum atomic E-state index is -3.14. The molecule has 0 spiro atoms. The molecule has 0 bridgehead atoms. The maximum atomic E-state index is 11.8. The molecule has 2 atom stereocenters. The molecule has 0 aliphatic carbocycles. The molecule has 2 rings (SSSR count). The van der Waals surface area contributed by atoms with Crippen molar-refractivity contribution >= 4 is 15.9 Å². The van der Waals surface area contributed by atoms with Gasteiger partial charge in [-0.15, -0.1) is 0 Å². The van der Waals surface area contributed by atoms with E-state index in [1.54, 1.807) is 6.92 Å². The first kappa shape index (κ1) is 15.8. The summed E-state index contributed by atoms with van der Waals surface area (Å²) in [4.78, 5) is 11.5. The van der Waals surface area contributed by atoms with Crippen LogP contribution in [-0.2, 0) is 21.1 Å². The molecular formula is C14H20N2O4S. The van der Waals surface area contributed by atoms with Crippen LogP contribution in [0.4, 0.5) is 4.79 Å². The Morgan fingerprint density at radius 2 is 1.90 bits per heavy atom. The number of amides is 1. The molecule has 0 aromatic heterocycles. The second kappa shape index (κ2) is 6.91. The van der Waals surface area contributed by atoms with Crippen LogP contribution in [-0.4, -0.2) is 44.7 Å². The Morgan fingerprint density at radius 3 is 2.57 bits per heavy atom. The Morgan fingerprint density at radius 1 is 1.24 bits per heavy atom. The number of ether oxygens (including phenoxy) is 1. The van der Waals surface area contributed by atoms with Crippen LogP contribution in [0.25, 0.3) is 0 Å². The molecule has 116 valence electrons. The van der Waals surface area contributed by atoms with E-state index in [9.17, 15) is 13.2 Å². The number of alkyl carbamates (subject to hydrolysis) is 1. The van der Waals surface area contributed by atoms with Gasteiger partial charge in [0.25, 0.3) is 0 Å². The van der Waals surface area contributed by atoms with Gasteiger partial charge in [0.05, 0.1) is 24.2 Å². The van der Waals surface area contributed by atoms with Crippen molar-refractivity contribution in [2.45, 2.75) is 25.6 Å². The van der Waals surface area contributed by atoms with Gasteiger partial charge < -0.3 is 15.4 Å². The summed E-state index contributed by atoms with van der Waals surface area (Å²) in [6, 6.07) is 8.94. The highest BCUT2D eigenvalue weighted by molar-refractivity contribution is 7.91. The summed E-state index contributed by atoms with van der Waals surface area (Å²) in [7, 11) is -3.14. The molecule has 1 heterocycles. The van der Waals surface area contributed by atoms with E-state index in [0.717, 1.165) is 5.56 Å². The minimum absolute atomic E-state index is 0.0247. The second-order valence-electron chi connectivity index (χ2n) is 5.02. The lowest BCUT2D eigenvalue weighted by atomic mass is 10.1. The average Bonchev–Trinajstić information content (AvgIpc) is 2.72. The fourth-order valence-corrected chi connectivity index (χ4v) is 4.26. The van der Waals surface area contributed by atoms with Gasteiger partial charge in [0.1, 0.15) is 0 Å². The molecule has 0 unspecified atom stereocenters. The van der Waals surface area contributed by atoms with E-state index in [-0.39, 0.29) is 24.2 Å². The maximum Gasteiger partial charge on any atom is 0.407 e. The normalized spacial score (nSPS) is 23.7. The summed E-state index contributed by atoms with van der Waals surface area (Å²) in [6.45, 7) is 2.52. The maximum absolute atomic E-state index is 11.8. The van der Waals surface area contributed by atoms with Gasteiger partial charge in [-0.2, -0.15) is 0 Å². The molecule has 1 aromatic rings. The van der Waals surface area contributed by atoms with E-state index in [4.69, 9.17) is 4.74 Å². The zero-order valence-corrected chi connectivity index (χ0v) is 12.7. The zero-order valence-electron chi connectivity index (χ0n) is 11.9. The minimum Gasteiger partial charge on any atom is -0.450 e. The van der Waals surface area contributed by atoms with E-state index in [1.165, 1.54) is 0 Å². The van der Waals surface area contributed by atoms with E-state index >= 15 is 0 Å². The van der Waals surface area contributed by atoms with Gasteiger partial charge in [0.15, 0.2) is 9.84 Å². The van der Waals surface area contributed by atoms with Crippen molar-refractivity contribution < 1.29 is 17.9 Å². The van der Waals surface area contributed by atoms with Gasteiger partial charge in [-0.3, -0.25) is 0 Å². The topological polar surface area (TPSA) is 84.5 Å². The van der Waals surface area contributed by atoms with Crippen molar-refractivity contribution in [2.24, 2.45) is 0 Å². The van der Waals surface area contributed by atoms with Gasteiger partial charge in [0, 0.05) is 12.6 Å². The standard InChI is InChI=1S/C14H20N2O4S/c1-2-20-14(17)16-13-10-21(18,19)9-12(13)15-8-11-6-4-3-5-7-11/h3-7,12-13,15H,2,8-10H2,1H3,(H,16,17)/t12-,13+/m0/s1. The summed E-state index contributed by atoms with van der Waals surface area (Å²) in [5.41, 5.74) is 1.07. The zero-order chi connectivity index (χ0) is 15.3. The van der Waals surface area contributed by atoms with Crippen LogP contribution in [0.5, 0.6) is 0 Å². The number of carbonyl (C=O) groups is 1. The van der Waals surface area contributed by atoms with Crippen LogP contribution in [0.2, 0.25) is 0 Å². The van der Waals surface area contributed by atoms with E-state index in [1.807, 2.05) is 30.3 Å². The predicted molar refractivity (Wildman–Crippen MR) is 79.7 cm³/mol. The Bertz CT molecular complexity index is 574. The molecule has 0 radical (unpaired) electrons. The lowest BCUT2D eigenvalue weighted by Crippen LogP contribution is -2.49. The van der Waals surface area contributed by atoms with E-state index in [0.29, 0.717) is 6.54 Å². The van der Waals surface area contributed by atoms with Crippen molar-refractivity contribution in [2.75, 3.05) is 18.1 Å². The van der Waals surface area contributed by atoms with Crippen LogP contribution >= 0.6 is 0 Å². The number of hydrogen-bond acceptors (Lipinski definition) is 5. The van der Waals surface area contributed by atoms with Crippen LogP contribution in [0.1, 0.15) is 12.5 Å². The van der Waals surface area contributed by atoms with Crippen molar-refractivity contribution in [1.82, 2.24) is 10.6 Å². The quantitative estimate of drug-likeness (QED) is 0.835. The Kier molecular flexibility index (Phi) is 5.19. The number of rotatable bonds is 5. The molecule has 21 heavy (non-hydrogen) atoms. The highest BCUT2D eigenvalue weighted by atomic mass is 32.2. The van der Waals surface area contributed by atoms with Crippen LogP contribution in [0, 0.1) is 0 Å². The fourth-order valence-electron chi connectivity index (χ4n) is 2.36. The summed E-state index contributed by atoms with van der Waals surface area (Å²) < 4.78 is 28.4. The summed E-state index contributed by atoms with van der Waals surface area (Å²) in [5.74, 6) is -0.0326. The predicted octanol–water partition coefficient (Wildman–Crippen LogP) is 0.688. The molecular weight excluding hydrogens is 292 g/mol. The van der Waals surface area contributed by atoms with Gasteiger partial charge in [-0.1, -0.05) is 30.3 Å². The van der Waals surface area contributed by atoms with Crippen molar-refractivity contribution in [1.29, 1.82) is 0 Å². The molecule has 1 saturated heterocycles. The lowest BCUT2D eigenvalue weighted by molar-refractivity contribution is 0.147. The van der Waals surface area contributed by atoms with Crippen molar-refractivity contribution in [3.05, 3.63) is 35.9 Å². The van der Waals surface area contributed by atoms with Crippen LogP contribution < -0.4 is 10.6 Å². The number of nitrogens with one attached hydrogen (secondary N) is 2. The Labute approximate surface area is 124 Å². The number of carbonyl (C=O) groups excluding carboxylic acids is 1. The monoisotopic (exact) mass is 312 g/mol. The highest BCUT2D eigenvalue weighted by Gasteiger charge is 2.38. The molecule has 1 amide bonds. The molecule has 1 fully saturated rings. The average molecular weight is 312 g/mol. The number of sulfone groups is 1. The SMILES string of the molecule is CCOC(=O)N[C@@H]1CS(=O)(=O)C[C@@H]1NCc1ccccc1. The number of benzene rings is 1. The van der Waals surface area contributed by atoms with Crippen molar-refractivity contribution in [3.63, 3.8) is 0 Å². The molecule has 1 aliphatic heterocycles. The molecule has 1 aromatic carbocycles. The molecule has 0 saturated carbocycles. The lowest BCUT2D eigenvalue weighted by Gasteiger charge is -2.20. The largest absolute Gasteiger partial charge is 0.450 e. The Hall–Kier alpha value is -1.60. The first-order valence-electron chi connectivity index (χ1n) is 6.91. The third kappa shape index (κ3) is 4.71. The third-order valence-electron chi connectivity index (χ3n) is 3.34. The first-order chi connectivity index (χ1) is 10.00. The smallest absolute Gasteiger partial charge is 0.407 e. The third-order valence-corrected chi connectivity index (χ3v) is 5.08. The summed E-state index contributed by atoms with van der Waals surface area (Å²) >= 11 is 0. The van der Waals surface area contributed by atoms with Gasteiger partial charge >= 0.3 is 6.09 Å². The fraction of sp³-hybridized carbons (Fsp3) is 0.500. The second-order valence-corrected chi connectivity index (χ2v) is 7.18. The van der Waals surface area contributed by atoms with Gasteiger partial charge in [-0.25, -0.2) is 13.2 Å². The molecule has 1 aliphatic rings.